The van der Waals surface area contributed by atoms with E-state index in [4.69, 9.17) is 5.73 Å². The number of sulfone groups is 1. The second-order valence-electron chi connectivity index (χ2n) is 7.80. The van der Waals surface area contributed by atoms with E-state index < -0.39 is 21.8 Å². The van der Waals surface area contributed by atoms with Gasteiger partial charge < -0.3 is 10.6 Å². The number of fused-ring (bicyclic) bond motifs is 1. The molecule has 8 heteroatoms. The Morgan fingerprint density at radius 1 is 1.27 bits per heavy atom. The molecule has 1 saturated carbocycles. The number of benzene rings is 1. The molecule has 2 aliphatic heterocycles. The molecule has 1 aliphatic carbocycles. The molecule has 140 valence electrons. The van der Waals surface area contributed by atoms with Gasteiger partial charge in [-0.25, -0.2) is 13.2 Å². The zero-order valence-corrected chi connectivity index (χ0v) is 15.5. The Balaban J connectivity index is 1.63. The van der Waals surface area contributed by atoms with Crippen LogP contribution >= 0.6 is 0 Å². The van der Waals surface area contributed by atoms with Crippen molar-refractivity contribution >= 4 is 27.5 Å². The molecule has 0 radical (unpaired) electrons. The Kier molecular flexibility index (Phi) is 3.80. The average Bonchev–Trinajstić information content (AvgIpc) is 3.05. The van der Waals surface area contributed by atoms with Gasteiger partial charge in [-0.2, -0.15) is 0 Å². The highest BCUT2D eigenvalue weighted by Crippen LogP contribution is 2.49. The van der Waals surface area contributed by atoms with Crippen molar-refractivity contribution in [3.63, 3.8) is 0 Å². The average molecular weight is 377 g/mol. The van der Waals surface area contributed by atoms with Crippen LogP contribution in [0.5, 0.6) is 0 Å². The number of amides is 3. The van der Waals surface area contributed by atoms with Crippen LogP contribution in [0.1, 0.15) is 31.2 Å². The van der Waals surface area contributed by atoms with Gasteiger partial charge in [-0.3, -0.25) is 9.69 Å². The van der Waals surface area contributed by atoms with Crippen molar-refractivity contribution in [1.82, 2.24) is 4.90 Å². The van der Waals surface area contributed by atoms with Crippen LogP contribution < -0.4 is 10.6 Å². The summed E-state index contributed by atoms with van der Waals surface area (Å²) in [4.78, 5) is 28.0. The van der Waals surface area contributed by atoms with Gasteiger partial charge in [0.2, 0.25) is 5.91 Å². The highest BCUT2D eigenvalue weighted by Gasteiger charge is 2.51. The van der Waals surface area contributed by atoms with Crippen LogP contribution in [-0.4, -0.2) is 55.9 Å². The third-order valence-corrected chi connectivity index (χ3v) is 6.91. The van der Waals surface area contributed by atoms with E-state index in [9.17, 15) is 18.0 Å². The number of primary amides is 1. The fourth-order valence-corrected chi connectivity index (χ4v) is 5.98. The van der Waals surface area contributed by atoms with Gasteiger partial charge in [0.15, 0.2) is 0 Å². The maximum atomic E-state index is 12.7. The summed E-state index contributed by atoms with van der Waals surface area (Å²) in [5.74, 6) is -0.352. The number of carbonyl (C=O) groups is 2. The molecule has 2 atom stereocenters. The molecule has 3 fully saturated rings. The predicted molar refractivity (Wildman–Crippen MR) is 97.7 cm³/mol. The smallest absolute Gasteiger partial charge is 0.325 e. The Hall–Kier alpha value is -2.09. The molecule has 2 heterocycles. The molecule has 3 aliphatic rings. The fourth-order valence-electron chi connectivity index (χ4n) is 4.52. The largest absolute Gasteiger partial charge is 0.368 e. The van der Waals surface area contributed by atoms with Crippen LogP contribution in [0.2, 0.25) is 0 Å². The van der Waals surface area contributed by atoms with Crippen LogP contribution in [0.3, 0.4) is 0 Å². The molecule has 2 N–H and O–H groups in total. The minimum atomic E-state index is -3.06. The van der Waals surface area contributed by atoms with Crippen molar-refractivity contribution < 1.29 is 18.0 Å². The Bertz CT molecular complexity index is 861. The van der Waals surface area contributed by atoms with Gasteiger partial charge in [-0.1, -0.05) is 12.1 Å². The monoisotopic (exact) mass is 377 g/mol. The molecule has 7 nitrogen and oxygen atoms in total. The van der Waals surface area contributed by atoms with E-state index in [1.165, 1.54) is 11.2 Å². The molecule has 0 bridgehead atoms. The second-order valence-corrected chi connectivity index (χ2v) is 9.94. The van der Waals surface area contributed by atoms with E-state index in [0.717, 1.165) is 31.2 Å². The summed E-state index contributed by atoms with van der Waals surface area (Å²) in [7, 11) is -3.06. The number of urea groups is 1. The number of rotatable bonds is 5. The van der Waals surface area contributed by atoms with Gasteiger partial charge in [-0.05, 0) is 43.4 Å². The number of hydrogen-bond acceptors (Lipinski definition) is 4. The van der Waals surface area contributed by atoms with Crippen LogP contribution in [0.15, 0.2) is 24.3 Å². The summed E-state index contributed by atoms with van der Waals surface area (Å²) in [5, 5.41) is 0. The summed E-state index contributed by atoms with van der Waals surface area (Å²) in [6.45, 7) is 0.652. The number of hydrogen-bond donors (Lipinski definition) is 1. The number of nitrogens with zero attached hydrogens (tertiary/aromatic N) is 2. The highest BCUT2D eigenvalue weighted by molar-refractivity contribution is 7.90. The van der Waals surface area contributed by atoms with Crippen LogP contribution in [0, 0.1) is 0 Å². The molecule has 0 spiro atoms. The van der Waals surface area contributed by atoms with Crippen molar-refractivity contribution in [2.75, 3.05) is 23.5 Å². The molecule has 1 unspecified atom stereocenters. The maximum absolute atomic E-state index is 12.7. The zero-order chi connectivity index (χ0) is 18.7. The minimum absolute atomic E-state index is 0.141. The number of nitrogens with two attached hydrogens (primary N) is 1. The van der Waals surface area contributed by atoms with E-state index >= 15 is 0 Å². The molecule has 2 saturated heterocycles. The van der Waals surface area contributed by atoms with Crippen molar-refractivity contribution in [2.24, 2.45) is 5.73 Å². The highest BCUT2D eigenvalue weighted by atomic mass is 32.2. The summed E-state index contributed by atoms with van der Waals surface area (Å²) in [6.07, 6.45) is 4.63. The maximum Gasteiger partial charge on any atom is 0.325 e. The predicted octanol–water partition coefficient (Wildman–Crippen LogP) is 1.02. The first-order chi connectivity index (χ1) is 12.2. The molecule has 1 aromatic carbocycles. The van der Waals surface area contributed by atoms with Gasteiger partial charge in [-0.15, -0.1) is 0 Å². The van der Waals surface area contributed by atoms with E-state index in [2.05, 4.69) is 0 Å². The second kappa shape index (κ2) is 5.70. The summed E-state index contributed by atoms with van der Waals surface area (Å²) < 4.78 is 23.4. The Labute approximate surface area is 153 Å². The van der Waals surface area contributed by atoms with Crippen LogP contribution in [0.25, 0.3) is 0 Å². The molecular weight excluding hydrogens is 354 g/mol. The molecule has 4 rings (SSSR count). The lowest BCUT2D eigenvalue weighted by molar-refractivity contribution is -0.119. The van der Waals surface area contributed by atoms with E-state index in [0.29, 0.717) is 12.2 Å². The van der Waals surface area contributed by atoms with E-state index in [-0.39, 0.29) is 23.2 Å². The third-order valence-electron chi connectivity index (χ3n) is 5.84. The van der Waals surface area contributed by atoms with Crippen molar-refractivity contribution in [3.8, 4) is 0 Å². The first kappa shape index (κ1) is 17.3. The van der Waals surface area contributed by atoms with Gasteiger partial charge in [0, 0.05) is 23.9 Å². The first-order valence-electron chi connectivity index (χ1n) is 8.89. The quantitative estimate of drug-likeness (QED) is 0.828. The molecule has 3 amide bonds. The van der Waals surface area contributed by atoms with Crippen LogP contribution in [-0.2, 0) is 20.0 Å². The van der Waals surface area contributed by atoms with Crippen molar-refractivity contribution in [1.29, 1.82) is 0 Å². The first-order valence-corrected chi connectivity index (χ1v) is 11.0. The van der Waals surface area contributed by atoms with E-state index in [1.54, 1.807) is 17.0 Å². The lowest BCUT2D eigenvalue weighted by atomic mass is 9.97. The number of carbonyl (C=O) groups excluding carboxylic acids is 2. The molecule has 26 heavy (non-hydrogen) atoms. The van der Waals surface area contributed by atoms with Gasteiger partial charge in [0.05, 0.1) is 11.8 Å². The van der Waals surface area contributed by atoms with Crippen molar-refractivity contribution in [2.45, 2.75) is 43.2 Å². The molecule has 1 aromatic rings. The Morgan fingerprint density at radius 3 is 2.46 bits per heavy atom. The van der Waals surface area contributed by atoms with Crippen LogP contribution in [0.4, 0.5) is 10.5 Å². The summed E-state index contributed by atoms with van der Waals surface area (Å²) in [6, 6.07) is 6.37. The van der Waals surface area contributed by atoms with Gasteiger partial charge in [0.25, 0.3) is 0 Å². The summed E-state index contributed by atoms with van der Waals surface area (Å²) >= 11 is 0. The standard InChI is InChI=1S/C18H23N3O4S/c1-26(24,25)11-18(8-9-18)12-4-6-13(7-5-12)21-15(16(19)22)14-3-2-10-20(14)17(21)23/h4-7,14-15H,2-3,8-11H2,1H3,(H2,19,22)/t14-,15?/m1/s1. The van der Waals surface area contributed by atoms with E-state index in [1.807, 2.05) is 12.1 Å². The minimum Gasteiger partial charge on any atom is -0.368 e. The fraction of sp³-hybridized carbons (Fsp3) is 0.556. The topological polar surface area (TPSA) is 101 Å². The molecular formula is C18H23N3O4S. The lowest BCUT2D eigenvalue weighted by Gasteiger charge is -2.24. The van der Waals surface area contributed by atoms with Gasteiger partial charge in [0.1, 0.15) is 15.9 Å². The lowest BCUT2D eigenvalue weighted by Crippen LogP contribution is -2.46. The van der Waals surface area contributed by atoms with Gasteiger partial charge >= 0.3 is 6.03 Å². The SMILES string of the molecule is CS(=O)(=O)CC1(c2ccc(N3C(=O)N4CCC[C@@H]4C3C(N)=O)cc2)CC1. The number of anilines is 1. The Morgan fingerprint density at radius 2 is 1.92 bits per heavy atom. The molecule has 0 aromatic heterocycles. The third kappa shape index (κ3) is 2.76. The summed E-state index contributed by atoms with van der Waals surface area (Å²) in [5.41, 5.74) is 6.89. The zero-order valence-electron chi connectivity index (χ0n) is 14.7. The normalized spacial score (nSPS) is 26.9. The van der Waals surface area contributed by atoms with Crippen molar-refractivity contribution in [3.05, 3.63) is 29.8 Å².